The summed E-state index contributed by atoms with van der Waals surface area (Å²) in [4.78, 5) is 14.9. The molecule has 0 radical (unpaired) electrons. The molecule has 0 aliphatic carbocycles. The molecule has 2 aromatic carbocycles. The van der Waals surface area contributed by atoms with Gasteiger partial charge in [0.2, 0.25) is 0 Å². The minimum absolute atomic E-state index is 0.315. The third-order valence-corrected chi connectivity index (χ3v) is 5.82. The van der Waals surface area contributed by atoms with Gasteiger partial charge in [-0.05, 0) is 61.2 Å². The Hall–Kier alpha value is -2.93. The number of nitrogens with zero attached hydrogens (tertiary/aromatic N) is 1. The molecule has 0 spiro atoms. The van der Waals surface area contributed by atoms with E-state index in [9.17, 15) is 4.79 Å². The molecule has 0 saturated heterocycles. The Kier molecular flexibility index (Phi) is 5.94. The summed E-state index contributed by atoms with van der Waals surface area (Å²) >= 11 is 1.80. The van der Waals surface area contributed by atoms with Crippen LogP contribution in [0, 0.1) is 6.92 Å². The molecule has 0 aliphatic rings. The van der Waals surface area contributed by atoms with Crippen LogP contribution < -0.4 is 21.3 Å². The summed E-state index contributed by atoms with van der Waals surface area (Å²) in [6.07, 6.45) is -0.507. The van der Waals surface area contributed by atoms with E-state index in [1.54, 1.807) is 24.3 Å². The molecule has 4 N–H and O–H groups in total. The SMILES string of the molecule is CCOC(=O)Nc1ccc(NCc2sc3ccc(N(C)C)cc3c2C)cc1N. The molecular formula is C21H26N4O2S. The van der Waals surface area contributed by atoms with Crippen LogP contribution in [0.3, 0.4) is 0 Å². The van der Waals surface area contributed by atoms with Gasteiger partial charge in [-0.3, -0.25) is 5.32 Å². The van der Waals surface area contributed by atoms with Gasteiger partial charge in [0.15, 0.2) is 0 Å². The van der Waals surface area contributed by atoms with Crippen LogP contribution in [0.4, 0.5) is 27.5 Å². The van der Waals surface area contributed by atoms with Crippen LogP contribution in [0.2, 0.25) is 0 Å². The highest BCUT2D eigenvalue weighted by molar-refractivity contribution is 7.19. The molecule has 28 heavy (non-hydrogen) atoms. The van der Waals surface area contributed by atoms with Crippen molar-refractivity contribution in [2.24, 2.45) is 0 Å². The number of carbonyl (C=O) groups is 1. The van der Waals surface area contributed by atoms with Gasteiger partial charge in [-0.15, -0.1) is 11.3 Å². The van der Waals surface area contributed by atoms with Gasteiger partial charge in [0, 0.05) is 41.6 Å². The molecule has 3 aromatic rings. The number of fused-ring (bicyclic) bond motifs is 1. The van der Waals surface area contributed by atoms with E-state index in [-0.39, 0.29) is 0 Å². The maximum atomic E-state index is 11.5. The second-order valence-electron chi connectivity index (χ2n) is 6.73. The van der Waals surface area contributed by atoms with Crippen molar-refractivity contribution < 1.29 is 9.53 Å². The van der Waals surface area contributed by atoms with E-state index < -0.39 is 6.09 Å². The summed E-state index contributed by atoms with van der Waals surface area (Å²) < 4.78 is 6.16. The van der Waals surface area contributed by atoms with Crippen molar-refractivity contribution in [1.29, 1.82) is 0 Å². The number of nitrogens with one attached hydrogen (secondary N) is 2. The number of ether oxygens (including phenoxy) is 1. The molecule has 0 bridgehead atoms. The Labute approximate surface area is 169 Å². The molecule has 0 saturated carbocycles. The molecule has 1 aromatic heterocycles. The van der Waals surface area contributed by atoms with Crippen LogP contribution in [0.5, 0.6) is 0 Å². The van der Waals surface area contributed by atoms with E-state index in [4.69, 9.17) is 10.5 Å². The van der Waals surface area contributed by atoms with E-state index in [0.717, 1.165) is 5.69 Å². The predicted molar refractivity (Wildman–Crippen MR) is 120 cm³/mol. The smallest absolute Gasteiger partial charge is 0.411 e. The van der Waals surface area contributed by atoms with Gasteiger partial charge in [0.25, 0.3) is 0 Å². The Morgan fingerprint density at radius 1 is 1.21 bits per heavy atom. The van der Waals surface area contributed by atoms with E-state index in [0.29, 0.717) is 24.5 Å². The molecule has 0 aliphatic heterocycles. The Morgan fingerprint density at radius 3 is 2.68 bits per heavy atom. The average molecular weight is 399 g/mol. The maximum Gasteiger partial charge on any atom is 0.411 e. The fraction of sp³-hybridized carbons (Fsp3) is 0.286. The van der Waals surface area contributed by atoms with E-state index in [1.165, 1.54) is 26.2 Å². The zero-order valence-electron chi connectivity index (χ0n) is 16.6. The quantitative estimate of drug-likeness (QED) is 0.507. The van der Waals surface area contributed by atoms with Crippen LogP contribution in [-0.2, 0) is 11.3 Å². The first-order valence-electron chi connectivity index (χ1n) is 9.15. The molecular weight excluding hydrogens is 372 g/mol. The molecule has 1 heterocycles. The summed E-state index contributed by atoms with van der Waals surface area (Å²) in [6, 6.07) is 12.0. The van der Waals surface area contributed by atoms with Gasteiger partial charge in [0.05, 0.1) is 18.0 Å². The molecule has 148 valence electrons. The summed E-state index contributed by atoms with van der Waals surface area (Å²) in [5.74, 6) is 0. The third kappa shape index (κ3) is 4.31. The monoisotopic (exact) mass is 398 g/mol. The Morgan fingerprint density at radius 2 is 2.00 bits per heavy atom. The Balaban J connectivity index is 1.72. The zero-order valence-corrected chi connectivity index (χ0v) is 17.4. The van der Waals surface area contributed by atoms with Crippen LogP contribution in [-0.4, -0.2) is 26.8 Å². The van der Waals surface area contributed by atoms with Crippen molar-refractivity contribution in [1.82, 2.24) is 0 Å². The highest BCUT2D eigenvalue weighted by Gasteiger charge is 2.11. The second kappa shape index (κ2) is 8.39. The van der Waals surface area contributed by atoms with Crippen LogP contribution >= 0.6 is 11.3 Å². The fourth-order valence-corrected chi connectivity index (χ4v) is 4.08. The van der Waals surface area contributed by atoms with Crippen molar-refractivity contribution in [3.8, 4) is 0 Å². The van der Waals surface area contributed by atoms with Crippen molar-refractivity contribution in [3.63, 3.8) is 0 Å². The molecule has 0 unspecified atom stereocenters. The summed E-state index contributed by atoms with van der Waals surface area (Å²) in [7, 11) is 4.10. The van der Waals surface area contributed by atoms with Gasteiger partial charge >= 0.3 is 6.09 Å². The lowest BCUT2D eigenvalue weighted by Crippen LogP contribution is -2.14. The number of hydrogen-bond donors (Lipinski definition) is 3. The van der Waals surface area contributed by atoms with Gasteiger partial charge in [-0.25, -0.2) is 4.79 Å². The normalized spacial score (nSPS) is 10.7. The minimum Gasteiger partial charge on any atom is -0.450 e. The first-order chi connectivity index (χ1) is 13.4. The summed E-state index contributed by atoms with van der Waals surface area (Å²) in [6.45, 7) is 4.95. The molecule has 6 nitrogen and oxygen atoms in total. The second-order valence-corrected chi connectivity index (χ2v) is 7.86. The number of hydrogen-bond acceptors (Lipinski definition) is 6. The van der Waals surface area contributed by atoms with Crippen LogP contribution in [0.1, 0.15) is 17.4 Å². The number of nitrogen functional groups attached to an aromatic ring is 1. The number of anilines is 4. The van der Waals surface area contributed by atoms with Crippen LogP contribution in [0.15, 0.2) is 36.4 Å². The van der Waals surface area contributed by atoms with Gasteiger partial charge < -0.3 is 20.7 Å². The topological polar surface area (TPSA) is 79.6 Å². The molecule has 0 atom stereocenters. The first-order valence-corrected chi connectivity index (χ1v) is 9.97. The van der Waals surface area contributed by atoms with Crippen LogP contribution in [0.25, 0.3) is 10.1 Å². The zero-order chi connectivity index (χ0) is 20.3. The molecule has 3 rings (SSSR count). The fourth-order valence-electron chi connectivity index (χ4n) is 2.95. The average Bonchev–Trinajstić information content (AvgIpc) is 2.97. The van der Waals surface area contributed by atoms with E-state index in [1.807, 2.05) is 12.1 Å². The summed E-state index contributed by atoms with van der Waals surface area (Å²) in [5.41, 5.74) is 10.5. The van der Waals surface area contributed by atoms with Gasteiger partial charge in [0.1, 0.15) is 0 Å². The van der Waals surface area contributed by atoms with E-state index >= 15 is 0 Å². The lowest BCUT2D eigenvalue weighted by molar-refractivity contribution is 0.168. The Bertz CT molecular complexity index is 997. The number of benzene rings is 2. The standard InChI is InChI=1S/C21H26N4O2S/c1-5-27-21(26)24-18-8-6-14(10-17(18)22)23-12-20-13(2)16-11-15(25(3)4)7-9-19(16)28-20/h6-11,23H,5,12,22H2,1-4H3,(H,24,26). The first kappa shape index (κ1) is 19.8. The predicted octanol–water partition coefficient (Wildman–Crippen LogP) is 5.04. The number of nitrogens with two attached hydrogens (primary N) is 1. The third-order valence-electron chi connectivity index (χ3n) is 4.55. The van der Waals surface area contributed by atoms with E-state index in [2.05, 4.69) is 54.8 Å². The maximum absolute atomic E-state index is 11.5. The number of aryl methyl sites for hydroxylation is 1. The highest BCUT2D eigenvalue weighted by Crippen LogP contribution is 2.34. The van der Waals surface area contributed by atoms with Crippen molar-refractivity contribution >= 4 is 50.3 Å². The van der Waals surface area contributed by atoms with Crippen molar-refractivity contribution in [3.05, 3.63) is 46.8 Å². The molecule has 0 fully saturated rings. The number of thiophene rings is 1. The lowest BCUT2D eigenvalue weighted by atomic mass is 10.1. The minimum atomic E-state index is -0.507. The summed E-state index contributed by atoms with van der Waals surface area (Å²) in [5, 5.41) is 7.35. The van der Waals surface area contributed by atoms with Crippen molar-refractivity contribution in [2.75, 3.05) is 42.0 Å². The van der Waals surface area contributed by atoms with Gasteiger partial charge in [-0.1, -0.05) is 0 Å². The number of rotatable bonds is 6. The largest absolute Gasteiger partial charge is 0.450 e. The molecule has 1 amide bonds. The molecule has 7 heteroatoms. The number of carbonyl (C=O) groups excluding carboxylic acids is 1. The highest BCUT2D eigenvalue weighted by atomic mass is 32.1. The van der Waals surface area contributed by atoms with Crippen molar-refractivity contribution in [2.45, 2.75) is 20.4 Å². The number of amides is 1. The lowest BCUT2D eigenvalue weighted by Gasteiger charge is -2.12. The van der Waals surface area contributed by atoms with Gasteiger partial charge in [-0.2, -0.15) is 0 Å².